The van der Waals surface area contributed by atoms with Gasteiger partial charge in [0.1, 0.15) is 33.9 Å². The molecule has 0 atom stereocenters. The average molecular weight is 1630 g/mol. The third kappa shape index (κ3) is 19.2. The Balaban J connectivity index is 0.000000203. The Labute approximate surface area is 671 Å². The molecule has 7 aromatic carbocycles. The molecule has 11 amide bonds. The number of amides is 11. The van der Waals surface area contributed by atoms with Crippen molar-refractivity contribution in [1.82, 2.24) is 45.7 Å². The van der Waals surface area contributed by atoms with Crippen LogP contribution in [0.15, 0.2) is 149 Å². The van der Waals surface area contributed by atoms with Crippen LogP contribution < -0.4 is 42.2 Å². The number of carbonyl (C=O) groups excluding carboxylic acids is 8. The smallest absolute Gasteiger partial charge is 0.407 e. The fourth-order valence-corrected chi connectivity index (χ4v) is 13.1. The molecule has 0 bridgehead atoms. The lowest BCUT2D eigenvalue weighted by molar-refractivity contribution is -0.385. The number of carbonyl (C=O) groups is 9. The van der Waals surface area contributed by atoms with Gasteiger partial charge in [0.05, 0.1) is 65.1 Å². The van der Waals surface area contributed by atoms with Crippen LogP contribution in [0.3, 0.4) is 0 Å². The molecule has 3 aliphatic heterocycles. The van der Waals surface area contributed by atoms with E-state index in [1.807, 2.05) is 0 Å². The number of aryl methyl sites for hydroxylation is 3. The molecular weight excluding hydrogens is 1550 g/mol. The number of nitrogens with two attached hydrogens (primary N) is 1. The third-order valence-electron chi connectivity index (χ3n) is 19.2. The van der Waals surface area contributed by atoms with Gasteiger partial charge in [-0.25, -0.2) is 57.7 Å². The maximum atomic E-state index is 14.7. The molecule has 7 N–H and O–H groups in total. The van der Waals surface area contributed by atoms with Gasteiger partial charge >= 0.3 is 30.2 Å². The van der Waals surface area contributed by atoms with Crippen molar-refractivity contribution in [3.05, 3.63) is 253 Å². The second-order valence-corrected chi connectivity index (χ2v) is 29.4. The van der Waals surface area contributed by atoms with Crippen LogP contribution in [0.25, 0.3) is 21.5 Å². The molecular formula is C79H83ClF2N16O19. The van der Waals surface area contributed by atoms with Crippen molar-refractivity contribution in [2.24, 2.45) is 5.73 Å². The highest BCUT2D eigenvalue weighted by molar-refractivity contribution is 6.25. The maximum Gasteiger partial charge on any atom is 0.407 e. The molecule has 2 aromatic heterocycles. The lowest BCUT2D eigenvalue weighted by Gasteiger charge is -2.28. The van der Waals surface area contributed by atoms with E-state index in [1.54, 1.807) is 125 Å². The zero-order chi connectivity index (χ0) is 85.5. The SMILES string of the molecule is Cc1cc(N2C(=O)N(CCN)C(C)(C)C2=O)ccc1[N+](=O)[O-].Cc1cc(N2C(=O)N(CCNC(=O)OC(C)(C)C)C(C)(C)C2=O)ccc1[N+](=O)[O-].Cc1cc(N2C(=O)N(CCNC(=O)c3cc(Cc4n[nH]c(=O)c5ccccc45)ccc3F)C(C)(C)C2=O)ccc1[N+](=O)[O-].Cl.O=C(O)c1cc(Cc2n[nH]c(=O)c3ccccc23)ccc1F. The molecule has 3 aliphatic rings. The van der Waals surface area contributed by atoms with Crippen LogP contribution in [0, 0.1) is 62.7 Å². The number of nitrogens with zero attached hydrogens (tertiary/aromatic N) is 11. The molecule has 3 saturated heterocycles. The quantitative estimate of drug-likeness (QED) is 0.0234. The summed E-state index contributed by atoms with van der Waals surface area (Å²) in [6, 6.07) is 32.5. The van der Waals surface area contributed by atoms with Crippen LogP contribution in [0.5, 0.6) is 0 Å². The van der Waals surface area contributed by atoms with E-state index in [0.717, 1.165) is 20.8 Å². The number of rotatable bonds is 20. The fraction of sp³-hybridized carbons (Fsp3) is 0.304. The Kier molecular flexibility index (Phi) is 27.1. The summed E-state index contributed by atoms with van der Waals surface area (Å²) in [7, 11) is 0. The number of carboxylic acid groups (broad SMARTS) is 1. The largest absolute Gasteiger partial charge is 0.478 e. The summed E-state index contributed by atoms with van der Waals surface area (Å²) in [5, 5.41) is 62.5. The predicted molar refractivity (Wildman–Crippen MR) is 427 cm³/mol. The number of aromatic nitrogens is 4. The van der Waals surface area contributed by atoms with E-state index in [-0.39, 0.29) is 121 Å². The van der Waals surface area contributed by atoms with E-state index in [9.17, 15) is 91.9 Å². The van der Waals surface area contributed by atoms with E-state index >= 15 is 0 Å². The highest BCUT2D eigenvalue weighted by Gasteiger charge is 2.54. The first kappa shape index (κ1) is 88.7. The lowest BCUT2D eigenvalue weighted by Crippen LogP contribution is -2.47. The van der Waals surface area contributed by atoms with Crippen LogP contribution in [0.2, 0.25) is 0 Å². The van der Waals surface area contributed by atoms with E-state index in [0.29, 0.717) is 66.4 Å². The number of nitrogens with one attached hydrogen (secondary N) is 4. The molecule has 0 spiro atoms. The number of hydrogen-bond donors (Lipinski definition) is 6. The number of anilines is 3. The predicted octanol–water partition coefficient (Wildman–Crippen LogP) is 11.0. The van der Waals surface area contributed by atoms with Gasteiger partial charge in [0.2, 0.25) is 0 Å². The van der Waals surface area contributed by atoms with Gasteiger partial charge < -0.3 is 40.9 Å². The van der Waals surface area contributed by atoms with Gasteiger partial charge in [-0.05, 0) is 167 Å². The third-order valence-corrected chi connectivity index (χ3v) is 19.2. The first-order chi connectivity index (χ1) is 54.4. The number of fused-ring (bicyclic) bond motifs is 2. The average Bonchev–Trinajstić information content (AvgIpc) is 1.61. The highest BCUT2D eigenvalue weighted by atomic mass is 35.5. The molecule has 0 aliphatic carbocycles. The number of halogens is 3. The lowest BCUT2D eigenvalue weighted by atomic mass is 10.0. The first-order valence-electron chi connectivity index (χ1n) is 35.8. The number of nitro benzene ring substituents is 3. The Morgan fingerprint density at radius 1 is 0.504 bits per heavy atom. The second-order valence-electron chi connectivity index (χ2n) is 29.4. The molecule has 0 unspecified atom stereocenters. The minimum absolute atomic E-state index is 0. The number of imide groups is 3. The van der Waals surface area contributed by atoms with E-state index in [1.165, 1.54) is 107 Å². The highest BCUT2D eigenvalue weighted by Crippen LogP contribution is 2.38. The monoisotopic (exact) mass is 1630 g/mol. The summed E-state index contributed by atoms with van der Waals surface area (Å²) in [6.45, 7) is 20.1. The van der Waals surface area contributed by atoms with Gasteiger partial charge in [-0.15, -0.1) is 12.4 Å². The summed E-state index contributed by atoms with van der Waals surface area (Å²) in [4.78, 5) is 175. The number of carboxylic acids is 1. The van der Waals surface area contributed by atoms with E-state index in [4.69, 9.17) is 15.6 Å². The zero-order valence-corrected chi connectivity index (χ0v) is 66.2. The van der Waals surface area contributed by atoms with Crippen molar-refractivity contribution < 1.29 is 76.5 Å². The molecule has 3 fully saturated rings. The standard InChI is InChI=1S/C30H27FN6O6.C19H26N4O6.C16H11FN2O3.C14H18N4O4.ClH/c1-17-14-19(9-11-25(17)37(42)43)36-28(40)30(2,3)35(29(36)41)13-12-32-26(38)22-15-18(8-10-23(22)31)16-24-20-6-4-5-7-21(20)27(39)34-33-24;1-12-11-13(7-8-14(12)23(27)28)22-15(24)19(5,6)21(17(22)26)10-9-20-16(25)29-18(2,3)4;17-13-6-5-9(7-12(13)16(21)22)8-14-10-3-1-2-4-11(10)15(20)19-18-14;1-9-8-10(4-5-11(9)18(21)22)17-12(19)14(2,3)16(7-6-15)13(17)20;/h4-11,14-15H,12-13,16H2,1-3H3,(H,32,38)(H,34,39);7-8,11H,9-10H2,1-6H3,(H,20,25);1-7H,8H2,(H,19,20)(H,21,22);4-5,8H,6-7,15H2,1-3H3;1H. The van der Waals surface area contributed by atoms with Crippen LogP contribution in [0.4, 0.5) is 62.1 Å². The van der Waals surface area contributed by atoms with Crippen LogP contribution >= 0.6 is 12.4 Å². The topological polar surface area (TPSA) is 474 Å². The number of aromatic amines is 2. The number of H-pyrrole nitrogens is 2. The minimum atomic E-state index is -1.32. The van der Waals surface area contributed by atoms with Crippen molar-refractivity contribution >= 4 is 122 Å². The Bertz CT molecular complexity index is 5630. The van der Waals surface area contributed by atoms with Gasteiger partial charge in [0, 0.05) is 97.8 Å². The molecule has 0 radical (unpaired) electrons. The molecule has 38 heteroatoms. The van der Waals surface area contributed by atoms with Gasteiger partial charge in [0.15, 0.2) is 0 Å². The summed E-state index contributed by atoms with van der Waals surface area (Å²) in [6.07, 6.45) is -0.0946. The number of urea groups is 3. The number of ether oxygens (including phenoxy) is 1. The van der Waals surface area contributed by atoms with Gasteiger partial charge in [-0.2, -0.15) is 10.2 Å². The molecule has 5 heterocycles. The molecule has 9 aromatic rings. The Morgan fingerprint density at radius 2 is 0.838 bits per heavy atom. The van der Waals surface area contributed by atoms with Crippen molar-refractivity contribution in [3.8, 4) is 0 Å². The Morgan fingerprint density at radius 3 is 1.17 bits per heavy atom. The van der Waals surface area contributed by atoms with Crippen molar-refractivity contribution in [2.75, 3.05) is 54.0 Å². The normalized spacial score (nSPS) is 14.6. The zero-order valence-electron chi connectivity index (χ0n) is 65.4. The summed E-state index contributed by atoms with van der Waals surface area (Å²) < 4.78 is 33.3. The van der Waals surface area contributed by atoms with Gasteiger partial charge in [-0.3, -0.25) is 59.1 Å². The molecule has 614 valence electrons. The van der Waals surface area contributed by atoms with Gasteiger partial charge in [0.25, 0.3) is 51.8 Å². The van der Waals surface area contributed by atoms with E-state index in [2.05, 4.69) is 31.0 Å². The number of alkyl carbamates (subject to hydrolysis) is 1. The second kappa shape index (κ2) is 35.7. The fourth-order valence-electron chi connectivity index (χ4n) is 13.1. The number of nitro groups is 3. The minimum Gasteiger partial charge on any atom is -0.478 e. The molecule has 35 nitrogen and oxygen atoms in total. The summed E-state index contributed by atoms with van der Waals surface area (Å²) >= 11 is 0. The summed E-state index contributed by atoms with van der Waals surface area (Å²) in [5.41, 5.74) is 4.11. The van der Waals surface area contributed by atoms with Crippen molar-refractivity contribution in [2.45, 2.75) is 118 Å². The number of benzene rings is 7. The molecule has 117 heavy (non-hydrogen) atoms. The van der Waals surface area contributed by atoms with Crippen LogP contribution in [0.1, 0.15) is 122 Å². The number of aromatic carboxylic acids is 1. The van der Waals surface area contributed by atoms with Gasteiger partial charge in [-0.1, -0.05) is 48.5 Å². The maximum absolute atomic E-state index is 14.7. The molecule has 0 saturated carbocycles. The van der Waals surface area contributed by atoms with Crippen molar-refractivity contribution in [3.63, 3.8) is 0 Å². The van der Waals surface area contributed by atoms with Crippen molar-refractivity contribution in [1.29, 1.82) is 0 Å². The van der Waals surface area contributed by atoms with E-state index < -0.39 is 96.5 Å². The van der Waals surface area contributed by atoms with Crippen LogP contribution in [-0.4, -0.2) is 170 Å². The number of hydrogen-bond acceptors (Lipinski definition) is 21. The first-order valence-corrected chi connectivity index (χ1v) is 35.8. The Hall–Kier alpha value is -13.8. The van der Waals surface area contributed by atoms with Crippen LogP contribution in [-0.2, 0) is 32.0 Å². The molecule has 12 rings (SSSR count). The summed E-state index contributed by atoms with van der Waals surface area (Å²) in [5.74, 6) is -4.91.